The molecular weight excluding hydrogens is 370 g/mol. The third-order valence-corrected chi connectivity index (χ3v) is 5.08. The standard InChI is InChI=1S/C14H14ClN5O4S/c1-2-7-20-13(21)17-18-14(20)25(22,23)8-11-16-12(19-24-11)9-3-5-10(15)6-4-9/h3-6H,2,7-8H2,1H3,(H,17,21). The van der Waals surface area contributed by atoms with Crippen molar-refractivity contribution in [2.75, 3.05) is 0 Å². The van der Waals surface area contributed by atoms with Gasteiger partial charge in [-0.2, -0.15) is 4.98 Å². The molecule has 9 nitrogen and oxygen atoms in total. The molecule has 0 fully saturated rings. The molecule has 0 amide bonds. The van der Waals surface area contributed by atoms with E-state index in [0.717, 1.165) is 4.57 Å². The number of rotatable bonds is 6. The lowest BCUT2D eigenvalue weighted by Gasteiger charge is -2.03. The lowest BCUT2D eigenvalue weighted by molar-refractivity contribution is 0.388. The van der Waals surface area contributed by atoms with Crippen molar-refractivity contribution in [3.63, 3.8) is 0 Å². The molecule has 0 aliphatic carbocycles. The average Bonchev–Trinajstić information content (AvgIpc) is 3.16. The van der Waals surface area contributed by atoms with Gasteiger partial charge in [0.15, 0.2) is 0 Å². The van der Waals surface area contributed by atoms with Crippen molar-refractivity contribution in [1.29, 1.82) is 0 Å². The van der Waals surface area contributed by atoms with Crippen LogP contribution >= 0.6 is 11.6 Å². The number of halogens is 1. The first-order valence-corrected chi connectivity index (χ1v) is 9.40. The quantitative estimate of drug-likeness (QED) is 0.686. The van der Waals surface area contributed by atoms with Crippen molar-refractivity contribution < 1.29 is 12.9 Å². The van der Waals surface area contributed by atoms with E-state index in [9.17, 15) is 13.2 Å². The summed E-state index contributed by atoms with van der Waals surface area (Å²) in [5.41, 5.74) is 0.0623. The van der Waals surface area contributed by atoms with Gasteiger partial charge in [-0.3, -0.25) is 4.57 Å². The molecule has 0 unspecified atom stereocenters. The van der Waals surface area contributed by atoms with Gasteiger partial charge in [0.1, 0.15) is 5.75 Å². The molecule has 2 heterocycles. The highest BCUT2D eigenvalue weighted by Gasteiger charge is 2.26. The highest BCUT2D eigenvalue weighted by molar-refractivity contribution is 7.90. The number of aromatic amines is 1. The molecule has 0 saturated heterocycles. The van der Waals surface area contributed by atoms with Gasteiger partial charge in [-0.25, -0.2) is 18.3 Å². The Labute approximate surface area is 147 Å². The summed E-state index contributed by atoms with van der Waals surface area (Å²) < 4.78 is 31.1. The lowest BCUT2D eigenvalue weighted by Crippen LogP contribution is -2.21. The maximum Gasteiger partial charge on any atom is 0.344 e. The van der Waals surface area contributed by atoms with Crippen LogP contribution < -0.4 is 5.69 Å². The van der Waals surface area contributed by atoms with Crippen LogP contribution in [0.15, 0.2) is 38.7 Å². The van der Waals surface area contributed by atoms with E-state index in [1.807, 2.05) is 6.92 Å². The van der Waals surface area contributed by atoms with Crippen LogP contribution in [0.5, 0.6) is 0 Å². The fraction of sp³-hybridized carbons (Fsp3) is 0.286. The Morgan fingerprint density at radius 3 is 2.68 bits per heavy atom. The second-order valence-corrected chi connectivity index (χ2v) is 7.56. The van der Waals surface area contributed by atoms with Crippen molar-refractivity contribution in [3.8, 4) is 11.4 Å². The van der Waals surface area contributed by atoms with Gasteiger partial charge in [-0.1, -0.05) is 23.7 Å². The monoisotopic (exact) mass is 383 g/mol. The molecule has 0 radical (unpaired) electrons. The molecule has 0 aliphatic heterocycles. The summed E-state index contributed by atoms with van der Waals surface area (Å²) in [5, 5.41) is 9.74. The Balaban J connectivity index is 1.87. The molecule has 3 rings (SSSR count). The molecule has 0 aliphatic rings. The first kappa shape index (κ1) is 17.4. The summed E-state index contributed by atoms with van der Waals surface area (Å²) in [6.07, 6.45) is 0.587. The summed E-state index contributed by atoms with van der Waals surface area (Å²) >= 11 is 5.82. The third-order valence-electron chi connectivity index (χ3n) is 3.33. The smallest absolute Gasteiger partial charge is 0.338 e. The minimum atomic E-state index is -3.92. The van der Waals surface area contributed by atoms with Crippen molar-refractivity contribution >= 4 is 21.4 Å². The van der Waals surface area contributed by atoms with Gasteiger partial charge < -0.3 is 4.52 Å². The third kappa shape index (κ3) is 3.64. The van der Waals surface area contributed by atoms with E-state index < -0.39 is 21.3 Å². The minimum absolute atomic E-state index is 0.0940. The van der Waals surface area contributed by atoms with Gasteiger partial charge in [0.2, 0.25) is 21.6 Å². The van der Waals surface area contributed by atoms with Crippen LogP contribution in [-0.4, -0.2) is 33.3 Å². The lowest BCUT2D eigenvalue weighted by atomic mass is 10.2. The predicted molar refractivity (Wildman–Crippen MR) is 88.8 cm³/mol. The first-order valence-electron chi connectivity index (χ1n) is 7.37. The number of nitrogens with one attached hydrogen (secondary N) is 1. The van der Waals surface area contributed by atoms with Crippen LogP contribution in [0.3, 0.4) is 0 Å². The van der Waals surface area contributed by atoms with E-state index in [0.29, 0.717) is 17.0 Å². The molecule has 132 valence electrons. The van der Waals surface area contributed by atoms with E-state index in [1.54, 1.807) is 24.3 Å². The maximum atomic E-state index is 12.5. The van der Waals surface area contributed by atoms with E-state index >= 15 is 0 Å². The summed E-state index contributed by atoms with van der Waals surface area (Å²) in [5.74, 6) is -0.403. The number of H-pyrrole nitrogens is 1. The van der Waals surface area contributed by atoms with E-state index in [2.05, 4.69) is 20.3 Å². The fourth-order valence-electron chi connectivity index (χ4n) is 2.22. The maximum absolute atomic E-state index is 12.5. The van der Waals surface area contributed by atoms with Crippen molar-refractivity contribution in [1.82, 2.24) is 24.9 Å². The summed E-state index contributed by atoms with van der Waals surface area (Å²) in [4.78, 5) is 15.7. The Kier molecular flexibility index (Phi) is 4.73. The van der Waals surface area contributed by atoms with Crippen LogP contribution in [0, 0.1) is 0 Å². The molecule has 0 atom stereocenters. The molecule has 0 bridgehead atoms. The average molecular weight is 384 g/mol. The van der Waals surface area contributed by atoms with Crippen LogP contribution in [0.4, 0.5) is 0 Å². The Morgan fingerprint density at radius 1 is 1.28 bits per heavy atom. The molecule has 0 saturated carbocycles. The van der Waals surface area contributed by atoms with Crippen LogP contribution in [0.25, 0.3) is 11.4 Å². The summed E-state index contributed by atoms with van der Waals surface area (Å²) in [7, 11) is -3.92. The number of sulfone groups is 1. The molecule has 25 heavy (non-hydrogen) atoms. The van der Waals surface area contributed by atoms with Crippen LogP contribution in [0.2, 0.25) is 5.02 Å². The van der Waals surface area contributed by atoms with Crippen molar-refractivity contribution in [2.45, 2.75) is 30.8 Å². The van der Waals surface area contributed by atoms with Gasteiger partial charge in [0, 0.05) is 17.1 Å². The van der Waals surface area contributed by atoms with Gasteiger partial charge >= 0.3 is 5.69 Å². The van der Waals surface area contributed by atoms with Gasteiger partial charge in [-0.05, 0) is 30.7 Å². The Hall–Kier alpha value is -2.46. The predicted octanol–water partition coefficient (Wildman–Crippen LogP) is 1.66. The zero-order valence-electron chi connectivity index (χ0n) is 13.1. The van der Waals surface area contributed by atoms with Gasteiger partial charge in [0.25, 0.3) is 5.16 Å². The number of benzene rings is 1. The van der Waals surface area contributed by atoms with Gasteiger partial charge in [0.05, 0.1) is 0 Å². The van der Waals surface area contributed by atoms with Crippen LogP contribution in [-0.2, 0) is 22.1 Å². The van der Waals surface area contributed by atoms with E-state index in [1.165, 1.54) is 0 Å². The van der Waals surface area contributed by atoms with Crippen molar-refractivity contribution in [3.05, 3.63) is 45.7 Å². The molecule has 11 heteroatoms. The fourth-order valence-corrected chi connectivity index (χ4v) is 3.61. The molecule has 1 aromatic carbocycles. The summed E-state index contributed by atoms with van der Waals surface area (Å²) in [6, 6.07) is 6.71. The molecule has 1 N–H and O–H groups in total. The molecule has 2 aromatic heterocycles. The van der Waals surface area contributed by atoms with Crippen LogP contribution in [0.1, 0.15) is 19.2 Å². The minimum Gasteiger partial charge on any atom is -0.338 e. The van der Waals surface area contributed by atoms with Gasteiger partial charge in [-0.15, -0.1) is 5.10 Å². The largest absolute Gasteiger partial charge is 0.344 e. The zero-order chi connectivity index (χ0) is 18.0. The van der Waals surface area contributed by atoms with E-state index in [4.69, 9.17) is 16.1 Å². The topological polar surface area (TPSA) is 124 Å². The first-order chi connectivity index (χ1) is 11.9. The number of hydrogen-bond donors (Lipinski definition) is 1. The second-order valence-electron chi connectivity index (χ2n) is 5.24. The molecular formula is C14H14ClN5O4S. The number of hydrogen-bond acceptors (Lipinski definition) is 7. The van der Waals surface area contributed by atoms with E-state index in [-0.39, 0.29) is 23.4 Å². The summed E-state index contributed by atoms with van der Waals surface area (Å²) in [6.45, 7) is 2.07. The second kappa shape index (κ2) is 6.81. The molecule has 0 spiro atoms. The Bertz CT molecular complexity index is 1040. The SMILES string of the molecule is CCCn1c(S(=O)(=O)Cc2nc(-c3ccc(Cl)cc3)no2)n[nH]c1=O. The Morgan fingerprint density at radius 2 is 2.00 bits per heavy atom. The highest BCUT2D eigenvalue weighted by atomic mass is 35.5. The number of aromatic nitrogens is 5. The zero-order valence-corrected chi connectivity index (χ0v) is 14.7. The highest BCUT2D eigenvalue weighted by Crippen LogP contribution is 2.20. The van der Waals surface area contributed by atoms with Crippen molar-refractivity contribution in [2.24, 2.45) is 0 Å². The molecule has 3 aromatic rings. The normalized spacial score (nSPS) is 11.8. The number of nitrogens with zero attached hydrogens (tertiary/aromatic N) is 4.